The molecular formula is C16H17NO5. The summed E-state index contributed by atoms with van der Waals surface area (Å²) in [5, 5.41) is 28.7. The third-order valence-electron chi connectivity index (χ3n) is 3.36. The predicted octanol–water partition coefficient (Wildman–Crippen LogP) is 1.43. The van der Waals surface area contributed by atoms with Gasteiger partial charge in [0.1, 0.15) is 12.3 Å². The highest BCUT2D eigenvalue weighted by Crippen LogP contribution is 2.29. The van der Waals surface area contributed by atoms with Crippen LogP contribution in [0, 0.1) is 12.1 Å². The van der Waals surface area contributed by atoms with Crippen molar-refractivity contribution in [1.82, 2.24) is 0 Å². The first kappa shape index (κ1) is 16.0. The molecule has 6 heteroatoms. The largest absolute Gasteiger partial charge is 0.600 e. The van der Waals surface area contributed by atoms with E-state index in [9.17, 15) is 15.1 Å². The molecule has 1 unspecified atom stereocenters. The van der Waals surface area contributed by atoms with Crippen molar-refractivity contribution >= 4 is 5.97 Å². The molecule has 6 nitrogen and oxygen atoms in total. The summed E-state index contributed by atoms with van der Waals surface area (Å²) in [5.41, 5.74) is 3.00. The summed E-state index contributed by atoms with van der Waals surface area (Å²) in [6.07, 6.45) is 0. The van der Waals surface area contributed by atoms with Gasteiger partial charge in [0.05, 0.1) is 18.2 Å². The lowest BCUT2D eigenvalue weighted by Gasteiger charge is -2.15. The summed E-state index contributed by atoms with van der Waals surface area (Å²) in [6, 6.07) is 10.2. The molecular weight excluding hydrogens is 286 g/mol. The van der Waals surface area contributed by atoms with Crippen LogP contribution >= 0.6 is 0 Å². The first-order valence-electron chi connectivity index (χ1n) is 6.65. The number of rotatable bonds is 4. The van der Waals surface area contributed by atoms with Crippen LogP contribution in [0.3, 0.4) is 0 Å². The molecule has 116 valence electrons. The van der Waals surface area contributed by atoms with Crippen LogP contribution in [0.15, 0.2) is 36.4 Å². The Bertz CT molecular complexity index is 680. The molecule has 0 saturated carbocycles. The zero-order valence-electron chi connectivity index (χ0n) is 12.3. The number of hydrogen-bond acceptors (Lipinski definition) is 5. The minimum Gasteiger partial charge on any atom is -0.600 e. The van der Waals surface area contributed by atoms with Gasteiger partial charge in [0.25, 0.3) is 0 Å². The molecule has 0 fully saturated rings. The van der Waals surface area contributed by atoms with E-state index in [1.807, 2.05) is 0 Å². The molecule has 0 saturated heterocycles. The van der Waals surface area contributed by atoms with E-state index in [0.717, 1.165) is 11.1 Å². The van der Waals surface area contributed by atoms with Crippen molar-refractivity contribution in [3.8, 4) is 16.9 Å². The zero-order chi connectivity index (χ0) is 16.3. The molecule has 0 amide bonds. The van der Waals surface area contributed by atoms with Crippen LogP contribution in [-0.2, 0) is 11.3 Å². The fourth-order valence-corrected chi connectivity index (χ4v) is 2.23. The minimum absolute atomic E-state index is 0.00247. The Morgan fingerprint density at radius 2 is 1.86 bits per heavy atom. The maximum atomic E-state index is 11.4. The lowest BCUT2D eigenvalue weighted by Crippen LogP contribution is -3.03. The van der Waals surface area contributed by atoms with Gasteiger partial charge in [0, 0.05) is 0 Å². The Morgan fingerprint density at radius 1 is 1.23 bits per heavy atom. The molecule has 1 atom stereocenters. The summed E-state index contributed by atoms with van der Waals surface area (Å²) in [5.74, 6) is -0.419. The number of carbonyl (C=O) groups is 1. The van der Waals surface area contributed by atoms with E-state index >= 15 is 0 Å². The topological polar surface area (TPSA) is 94.3 Å². The van der Waals surface area contributed by atoms with Crippen LogP contribution in [-0.4, -0.2) is 23.4 Å². The molecule has 22 heavy (non-hydrogen) atoms. The number of hydrogen-bond donors (Lipinski definition) is 3. The maximum absolute atomic E-state index is 11.4. The lowest BCUT2D eigenvalue weighted by atomic mass is 9.98. The standard InChI is InChI=1S/C16H17NO5/c1-10-7-13(8-14(15(10)18)9-17(20)21)11-3-5-12(6-4-11)16(19)22-2/h3-8,17-18,20H,9H2,1-2H3. The van der Waals surface area contributed by atoms with Gasteiger partial charge in [-0.25, -0.2) is 15.2 Å². The number of esters is 1. The van der Waals surface area contributed by atoms with E-state index in [0.29, 0.717) is 16.7 Å². The van der Waals surface area contributed by atoms with Crippen molar-refractivity contribution in [2.24, 2.45) is 0 Å². The van der Waals surface area contributed by atoms with E-state index in [2.05, 4.69) is 4.74 Å². The highest BCUT2D eigenvalue weighted by molar-refractivity contribution is 5.90. The number of aromatic hydroxyl groups is 1. The van der Waals surface area contributed by atoms with Crippen LogP contribution < -0.4 is 5.23 Å². The maximum Gasteiger partial charge on any atom is 0.337 e. The second-order valence-electron chi connectivity index (χ2n) is 4.94. The SMILES string of the molecule is COC(=O)c1ccc(-c2cc(C)c(O)c(C[NH+]([O-])O)c2)cc1. The fraction of sp³-hybridized carbons (Fsp3) is 0.188. The number of phenols is 1. The fourth-order valence-electron chi connectivity index (χ4n) is 2.23. The number of carbonyl (C=O) groups excluding carboxylic acids is 1. The van der Waals surface area contributed by atoms with Crippen LogP contribution in [0.25, 0.3) is 11.1 Å². The molecule has 2 rings (SSSR count). The first-order chi connectivity index (χ1) is 10.4. The molecule has 0 heterocycles. The molecule has 2 aromatic carbocycles. The van der Waals surface area contributed by atoms with Crippen LogP contribution in [0.1, 0.15) is 21.5 Å². The predicted molar refractivity (Wildman–Crippen MR) is 79.4 cm³/mol. The Hall–Kier alpha value is -2.41. The van der Waals surface area contributed by atoms with Gasteiger partial charge in [-0.05, 0) is 47.9 Å². The molecule has 0 aromatic heterocycles. The number of ether oxygens (including phenoxy) is 1. The summed E-state index contributed by atoms with van der Waals surface area (Å²) in [4.78, 5) is 11.4. The van der Waals surface area contributed by atoms with Crippen molar-refractivity contribution in [1.29, 1.82) is 0 Å². The number of nitrogens with one attached hydrogen (secondary N) is 1. The first-order valence-corrected chi connectivity index (χ1v) is 6.65. The smallest absolute Gasteiger partial charge is 0.337 e. The second-order valence-corrected chi connectivity index (χ2v) is 4.94. The van der Waals surface area contributed by atoms with Crippen molar-refractivity contribution in [3.05, 3.63) is 58.3 Å². The Kier molecular flexibility index (Phi) is 4.77. The van der Waals surface area contributed by atoms with Crippen molar-refractivity contribution in [2.45, 2.75) is 13.5 Å². The molecule has 0 aliphatic carbocycles. The van der Waals surface area contributed by atoms with E-state index < -0.39 is 11.2 Å². The van der Waals surface area contributed by atoms with Gasteiger partial charge in [0.2, 0.25) is 0 Å². The normalized spacial score (nSPS) is 12.0. The molecule has 0 bridgehead atoms. The van der Waals surface area contributed by atoms with Crippen molar-refractivity contribution in [3.63, 3.8) is 0 Å². The number of aryl methyl sites for hydroxylation is 1. The van der Waals surface area contributed by atoms with E-state index in [1.54, 1.807) is 43.3 Å². The van der Waals surface area contributed by atoms with Gasteiger partial charge < -0.3 is 15.1 Å². The summed E-state index contributed by atoms with van der Waals surface area (Å²) in [7, 11) is 1.32. The number of quaternary nitrogens is 1. The highest BCUT2D eigenvalue weighted by atomic mass is 16.8. The van der Waals surface area contributed by atoms with E-state index in [1.165, 1.54) is 7.11 Å². The van der Waals surface area contributed by atoms with Crippen LogP contribution in [0.5, 0.6) is 5.75 Å². The minimum atomic E-state index is -1.01. The molecule has 2 aromatic rings. The third-order valence-corrected chi connectivity index (χ3v) is 3.36. The summed E-state index contributed by atoms with van der Waals surface area (Å²) < 4.78 is 4.64. The van der Waals surface area contributed by atoms with Crippen molar-refractivity contribution < 1.29 is 25.1 Å². The second kappa shape index (κ2) is 6.57. The van der Waals surface area contributed by atoms with Gasteiger partial charge in [-0.2, -0.15) is 0 Å². The van der Waals surface area contributed by atoms with Gasteiger partial charge in [0.15, 0.2) is 0 Å². The van der Waals surface area contributed by atoms with Crippen molar-refractivity contribution in [2.75, 3.05) is 7.11 Å². The molecule has 0 spiro atoms. The number of phenolic OH excluding ortho intramolecular Hbond substituents is 1. The molecule has 0 aliphatic rings. The number of benzene rings is 2. The Balaban J connectivity index is 2.40. The van der Waals surface area contributed by atoms with Crippen LogP contribution in [0.4, 0.5) is 0 Å². The highest BCUT2D eigenvalue weighted by Gasteiger charge is 2.12. The molecule has 3 N–H and O–H groups in total. The van der Waals surface area contributed by atoms with Crippen LogP contribution in [0.2, 0.25) is 0 Å². The Labute approximate surface area is 127 Å². The summed E-state index contributed by atoms with van der Waals surface area (Å²) in [6.45, 7) is 1.47. The molecule has 0 radical (unpaired) electrons. The van der Waals surface area contributed by atoms with E-state index in [-0.39, 0.29) is 12.3 Å². The van der Waals surface area contributed by atoms with Gasteiger partial charge in [-0.15, -0.1) is 0 Å². The average Bonchev–Trinajstić information content (AvgIpc) is 2.50. The Morgan fingerprint density at radius 3 is 2.41 bits per heavy atom. The third kappa shape index (κ3) is 3.43. The van der Waals surface area contributed by atoms with E-state index in [4.69, 9.17) is 5.21 Å². The van der Waals surface area contributed by atoms with Gasteiger partial charge >= 0.3 is 5.97 Å². The molecule has 0 aliphatic heterocycles. The quantitative estimate of drug-likeness (QED) is 0.587. The lowest BCUT2D eigenvalue weighted by molar-refractivity contribution is -1.06. The number of methoxy groups -OCH3 is 1. The average molecular weight is 303 g/mol. The summed E-state index contributed by atoms with van der Waals surface area (Å²) >= 11 is 0. The number of hydroxylamine groups is 2. The van der Waals surface area contributed by atoms with Gasteiger partial charge in [-0.1, -0.05) is 12.1 Å². The monoisotopic (exact) mass is 303 g/mol. The zero-order valence-corrected chi connectivity index (χ0v) is 12.3. The van der Waals surface area contributed by atoms with Gasteiger partial charge in [-0.3, -0.25) is 0 Å².